The Morgan fingerprint density at radius 2 is 1.85 bits per heavy atom. The molecule has 142 valence electrons. The van der Waals surface area contributed by atoms with Crippen LogP contribution in [-0.2, 0) is 9.53 Å². The number of amides is 1. The lowest BCUT2D eigenvalue weighted by Gasteiger charge is -2.21. The highest BCUT2D eigenvalue weighted by molar-refractivity contribution is 5.94. The van der Waals surface area contributed by atoms with Gasteiger partial charge in [-0.2, -0.15) is 0 Å². The molecule has 1 heterocycles. The van der Waals surface area contributed by atoms with E-state index in [-0.39, 0.29) is 17.4 Å². The van der Waals surface area contributed by atoms with E-state index in [1.807, 2.05) is 6.07 Å². The predicted octanol–water partition coefficient (Wildman–Crippen LogP) is 1.90. The quantitative estimate of drug-likeness (QED) is 0.686. The molecule has 8 nitrogen and oxygen atoms in total. The summed E-state index contributed by atoms with van der Waals surface area (Å²) in [7, 11) is 0. The Kier molecular flexibility index (Phi) is 5.35. The van der Waals surface area contributed by atoms with Crippen LogP contribution in [0.25, 0.3) is 0 Å². The number of hydrogen-bond acceptors (Lipinski definition) is 7. The van der Waals surface area contributed by atoms with Crippen LogP contribution in [0.15, 0.2) is 36.4 Å². The van der Waals surface area contributed by atoms with Crippen molar-refractivity contribution in [3.05, 3.63) is 47.5 Å². The van der Waals surface area contributed by atoms with E-state index >= 15 is 0 Å². The van der Waals surface area contributed by atoms with Gasteiger partial charge in [-0.25, -0.2) is 4.79 Å². The number of carbonyl (C=O) groups excluding carboxylic acids is 2. The lowest BCUT2D eigenvalue weighted by Crippen LogP contribution is -2.31. The zero-order valence-corrected chi connectivity index (χ0v) is 14.6. The number of ether oxygens (including phenoxy) is 3. The number of hydrogen-bond donors (Lipinski definition) is 3. The highest BCUT2D eigenvalue weighted by atomic mass is 16.6. The molecule has 2 aromatic carbocycles. The summed E-state index contributed by atoms with van der Waals surface area (Å²) in [4.78, 5) is 24.0. The van der Waals surface area contributed by atoms with Crippen molar-refractivity contribution in [1.29, 1.82) is 0 Å². The number of nitrogens with one attached hydrogen (secondary N) is 1. The van der Waals surface area contributed by atoms with E-state index < -0.39 is 24.2 Å². The van der Waals surface area contributed by atoms with E-state index in [1.165, 1.54) is 12.1 Å². The molecule has 0 radical (unpaired) electrons. The summed E-state index contributed by atoms with van der Waals surface area (Å²) in [6.07, 6.45) is 0. The van der Waals surface area contributed by atoms with E-state index in [1.54, 1.807) is 19.1 Å². The van der Waals surface area contributed by atoms with Gasteiger partial charge in [0, 0.05) is 6.07 Å². The Morgan fingerprint density at radius 3 is 2.59 bits per heavy atom. The van der Waals surface area contributed by atoms with Gasteiger partial charge in [0.2, 0.25) is 0 Å². The maximum Gasteiger partial charge on any atom is 0.342 e. The zero-order valence-electron chi connectivity index (χ0n) is 14.6. The maximum atomic E-state index is 12.0. The lowest BCUT2D eigenvalue weighted by atomic mass is 10.1. The van der Waals surface area contributed by atoms with Crippen LogP contribution in [0.2, 0.25) is 0 Å². The van der Waals surface area contributed by atoms with Crippen molar-refractivity contribution < 1.29 is 34.0 Å². The highest BCUT2D eigenvalue weighted by Gasteiger charge is 2.18. The van der Waals surface area contributed by atoms with Crippen molar-refractivity contribution in [1.82, 2.24) is 5.32 Å². The third kappa shape index (κ3) is 4.41. The molecule has 0 spiro atoms. The van der Waals surface area contributed by atoms with Gasteiger partial charge >= 0.3 is 5.97 Å². The molecule has 0 saturated heterocycles. The summed E-state index contributed by atoms with van der Waals surface area (Å²) in [5, 5.41) is 21.6. The van der Waals surface area contributed by atoms with Gasteiger partial charge in [0.15, 0.2) is 18.1 Å². The summed E-state index contributed by atoms with van der Waals surface area (Å²) in [6.45, 7) is 2.25. The van der Waals surface area contributed by atoms with Crippen LogP contribution in [0.1, 0.15) is 28.9 Å². The smallest absolute Gasteiger partial charge is 0.342 e. The Labute approximate surface area is 155 Å². The monoisotopic (exact) mass is 373 g/mol. The molecule has 0 aliphatic carbocycles. The largest absolute Gasteiger partial charge is 0.508 e. The topological polar surface area (TPSA) is 114 Å². The first kappa shape index (κ1) is 18.4. The van der Waals surface area contributed by atoms with Crippen LogP contribution in [0, 0.1) is 0 Å². The number of benzene rings is 2. The second-order valence-corrected chi connectivity index (χ2v) is 5.97. The van der Waals surface area contributed by atoms with Gasteiger partial charge in [-0.3, -0.25) is 4.79 Å². The molecular weight excluding hydrogens is 354 g/mol. The van der Waals surface area contributed by atoms with Crippen LogP contribution in [-0.4, -0.2) is 41.9 Å². The number of carbonyl (C=O) groups is 2. The minimum atomic E-state index is -0.866. The average molecular weight is 373 g/mol. The molecule has 8 heteroatoms. The fourth-order valence-corrected chi connectivity index (χ4v) is 2.60. The van der Waals surface area contributed by atoms with Gasteiger partial charge in [-0.15, -0.1) is 0 Å². The average Bonchev–Trinajstić information content (AvgIpc) is 2.65. The van der Waals surface area contributed by atoms with E-state index in [0.717, 1.165) is 11.6 Å². The maximum absolute atomic E-state index is 12.0. The van der Waals surface area contributed by atoms with E-state index in [2.05, 4.69) is 5.32 Å². The molecule has 0 fully saturated rings. The molecule has 0 aromatic heterocycles. The third-order valence-electron chi connectivity index (χ3n) is 3.98. The molecule has 3 N–H and O–H groups in total. The van der Waals surface area contributed by atoms with Crippen molar-refractivity contribution in [2.24, 2.45) is 0 Å². The van der Waals surface area contributed by atoms with Gasteiger partial charge in [-0.1, -0.05) is 6.07 Å². The number of aromatic hydroxyl groups is 2. The first-order valence-corrected chi connectivity index (χ1v) is 8.32. The van der Waals surface area contributed by atoms with Crippen molar-refractivity contribution >= 4 is 11.9 Å². The van der Waals surface area contributed by atoms with Gasteiger partial charge in [0.25, 0.3) is 5.91 Å². The molecule has 0 unspecified atom stereocenters. The normalized spacial score (nSPS) is 13.5. The second-order valence-electron chi connectivity index (χ2n) is 5.97. The van der Waals surface area contributed by atoms with Crippen LogP contribution in [0.5, 0.6) is 23.0 Å². The highest BCUT2D eigenvalue weighted by Crippen LogP contribution is 2.32. The fraction of sp³-hybridized carbons (Fsp3) is 0.263. The summed E-state index contributed by atoms with van der Waals surface area (Å²) >= 11 is 0. The first-order chi connectivity index (χ1) is 12.9. The molecule has 2 aromatic rings. The molecule has 1 atom stereocenters. The first-order valence-electron chi connectivity index (χ1n) is 8.32. The van der Waals surface area contributed by atoms with Crippen LogP contribution in [0.3, 0.4) is 0 Å². The fourth-order valence-electron chi connectivity index (χ4n) is 2.60. The molecule has 0 bridgehead atoms. The van der Waals surface area contributed by atoms with Gasteiger partial charge < -0.3 is 29.7 Å². The molecular formula is C19H19NO7. The Hall–Kier alpha value is -3.42. The number of fused-ring (bicyclic) bond motifs is 1. The van der Waals surface area contributed by atoms with Crippen molar-refractivity contribution in [2.45, 2.75) is 13.0 Å². The molecule has 1 aliphatic heterocycles. The zero-order chi connectivity index (χ0) is 19.4. The van der Waals surface area contributed by atoms with E-state index in [9.17, 15) is 19.8 Å². The summed E-state index contributed by atoms with van der Waals surface area (Å²) in [5.41, 5.74) is 0.676. The van der Waals surface area contributed by atoms with Crippen LogP contribution >= 0.6 is 0 Å². The molecule has 3 rings (SSSR count). The van der Waals surface area contributed by atoms with Gasteiger partial charge in [0.1, 0.15) is 30.3 Å². The number of esters is 1. The predicted molar refractivity (Wildman–Crippen MR) is 94.0 cm³/mol. The van der Waals surface area contributed by atoms with Gasteiger partial charge in [-0.05, 0) is 36.8 Å². The molecule has 1 amide bonds. The van der Waals surface area contributed by atoms with Crippen LogP contribution < -0.4 is 14.8 Å². The SMILES string of the molecule is C[C@@H](NC(=O)COC(=O)c1ccc(O)cc1O)c1ccc2c(c1)OCCO2. The summed E-state index contributed by atoms with van der Waals surface area (Å²) in [6, 6.07) is 8.51. The van der Waals surface area contributed by atoms with E-state index in [4.69, 9.17) is 14.2 Å². The number of phenolic OH excluding ortho intramolecular Hbond substituents is 2. The number of phenols is 2. The number of rotatable bonds is 5. The van der Waals surface area contributed by atoms with Crippen LogP contribution in [0.4, 0.5) is 0 Å². The molecule has 1 aliphatic rings. The summed E-state index contributed by atoms with van der Waals surface area (Å²) < 4.78 is 15.9. The van der Waals surface area contributed by atoms with Crippen molar-refractivity contribution in [2.75, 3.05) is 19.8 Å². The minimum Gasteiger partial charge on any atom is -0.508 e. The van der Waals surface area contributed by atoms with Gasteiger partial charge in [0.05, 0.1) is 6.04 Å². The van der Waals surface area contributed by atoms with E-state index in [0.29, 0.717) is 24.7 Å². The standard InChI is InChI=1S/C19H19NO7/c1-11(12-2-5-16-17(8-12)26-7-6-25-16)20-18(23)10-27-19(24)14-4-3-13(21)9-15(14)22/h2-5,8-9,11,21-22H,6-7,10H2,1H3,(H,20,23)/t11-/m1/s1. The second kappa shape index (κ2) is 7.86. The molecule has 27 heavy (non-hydrogen) atoms. The Bertz CT molecular complexity index is 865. The lowest BCUT2D eigenvalue weighted by molar-refractivity contribution is -0.124. The molecule has 0 saturated carbocycles. The Balaban J connectivity index is 1.55. The van der Waals surface area contributed by atoms with Crippen molar-refractivity contribution in [3.8, 4) is 23.0 Å². The minimum absolute atomic E-state index is 0.138. The van der Waals surface area contributed by atoms with Crippen molar-refractivity contribution in [3.63, 3.8) is 0 Å². The third-order valence-corrected chi connectivity index (χ3v) is 3.98. The Morgan fingerprint density at radius 1 is 1.11 bits per heavy atom. The summed E-state index contributed by atoms with van der Waals surface area (Å²) in [5.74, 6) is -0.695.